The number of amides is 1. The summed E-state index contributed by atoms with van der Waals surface area (Å²) in [6.07, 6.45) is -1.92. The molecule has 4 aliphatic rings. The Labute approximate surface area is 210 Å². The normalized spacial score (nSPS) is 38.9. The molecule has 9 atom stereocenters. The molecular weight excluding hydrogens is 468 g/mol. The average Bonchev–Trinajstić information content (AvgIpc) is 3.21. The topological polar surface area (TPSA) is 116 Å². The summed E-state index contributed by atoms with van der Waals surface area (Å²) in [6.45, 7) is 6.07. The van der Waals surface area contributed by atoms with Crippen molar-refractivity contribution in [3.8, 4) is 5.75 Å². The first-order chi connectivity index (χ1) is 17.1. The van der Waals surface area contributed by atoms with Crippen LogP contribution in [-0.2, 0) is 28.5 Å². The number of carbonyl (C=O) groups excluding carboxylic acids is 3. The largest absolute Gasteiger partial charge is 0.492 e. The molecule has 1 amide bonds. The number of anilines is 1. The van der Waals surface area contributed by atoms with Gasteiger partial charge in [-0.25, -0.2) is 4.79 Å². The van der Waals surface area contributed by atoms with Crippen molar-refractivity contribution in [2.24, 2.45) is 17.8 Å². The van der Waals surface area contributed by atoms with Crippen LogP contribution in [-0.4, -0.2) is 79.7 Å². The van der Waals surface area contributed by atoms with Gasteiger partial charge in [0.1, 0.15) is 30.2 Å². The van der Waals surface area contributed by atoms with E-state index < -0.39 is 48.1 Å². The van der Waals surface area contributed by atoms with Crippen LogP contribution in [0.4, 0.5) is 10.5 Å². The van der Waals surface area contributed by atoms with E-state index in [1.165, 1.54) is 0 Å². The highest BCUT2D eigenvalue weighted by Gasteiger charge is 2.66. The maximum absolute atomic E-state index is 13.1. The number of fused-ring (bicyclic) bond motifs is 5. The van der Waals surface area contributed by atoms with Crippen molar-refractivity contribution in [3.05, 3.63) is 24.3 Å². The second kappa shape index (κ2) is 9.23. The third-order valence-corrected chi connectivity index (χ3v) is 7.99. The summed E-state index contributed by atoms with van der Waals surface area (Å²) in [5.74, 6) is -1.25. The fourth-order valence-electron chi connectivity index (χ4n) is 6.24. The molecule has 1 aromatic rings. The number of esters is 2. The van der Waals surface area contributed by atoms with Crippen molar-refractivity contribution >= 4 is 23.7 Å². The van der Waals surface area contributed by atoms with Gasteiger partial charge in [-0.05, 0) is 46.5 Å². The molecule has 10 nitrogen and oxygen atoms in total. The van der Waals surface area contributed by atoms with Gasteiger partial charge in [0, 0.05) is 12.3 Å². The fourth-order valence-corrected chi connectivity index (χ4v) is 6.24. The third kappa shape index (κ3) is 4.30. The van der Waals surface area contributed by atoms with Crippen molar-refractivity contribution in [2.45, 2.75) is 69.7 Å². The number of carbonyl (C=O) groups is 3. The van der Waals surface area contributed by atoms with Crippen molar-refractivity contribution in [3.63, 3.8) is 0 Å². The molecule has 3 heterocycles. The maximum atomic E-state index is 13.1. The Balaban J connectivity index is 1.44. The molecular formula is C26H34N2O8. The first-order valence-corrected chi connectivity index (χ1v) is 12.6. The lowest BCUT2D eigenvalue weighted by molar-refractivity contribution is -0.149. The number of benzene rings is 1. The number of para-hydroxylation sites is 2. The number of hydrogen-bond acceptors (Lipinski definition) is 9. The minimum Gasteiger partial charge on any atom is -0.492 e. The predicted molar refractivity (Wildman–Crippen MR) is 127 cm³/mol. The van der Waals surface area contributed by atoms with E-state index in [1.807, 2.05) is 45.8 Å². The number of epoxide rings is 1. The molecule has 10 heteroatoms. The fraction of sp³-hybridized carbons (Fsp3) is 0.654. The molecule has 1 aliphatic carbocycles. The highest BCUT2D eigenvalue weighted by molar-refractivity contribution is 5.87. The van der Waals surface area contributed by atoms with Crippen molar-refractivity contribution in [1.29, 1.82) is 0 Å². The number of nitrogens with one attached hydrogen (secondary N) is 1. The van der Waals surface area contributed by atoms with Crippen LogP contribution in [0.3, 0.4) is 0 Å². The molecule has 2 bridgehead atoms. The van der Waals surface area contributed by atoms with Crippen LogP contribution in [0, 0.1) is 17.8 Å². The molecule has 1 aromatic carbocycles. The van der Waals surface area contributed by atoms with E-state index in [0.29, 0.717) is 30.9 Å². The first kappa shape index (κ1) is 24.8. The van der Waals surface area contributed by atoms with Crippen molar-refractivity contribution < 1.29 is 38.1 Å². The summed E-state index contributed by atoms with van der Waals surface area (Å²) in [6, 6.07) is 6.63. The third-order valence-electron chi connectivity index (χ3n) is 7.99. The monoisotopic (exact) mass is 502 g/mol. The molecule has 9 unspecified atom stereocenters. The zero-order chi connectivity index (χ0) is 25.8. The Kier molecular flexibility index (Phi) is 6.36. The Morgan fingerprint density at radius 3 is 2.61 bits per heavy atom. The minimum atomic E-state index is -0.758. The molecule has 0 spiro atoms. The number of hydrogen-bond donors (Lipinski definition) is 1. The number of likely N-dealkylation sites (N-methyl/N-ethyl adjacent to an activating group) is 1. The van der Waals surface area contributed by atoms with Gasteiger partial charge >= 0.3 is 18.0 Å². The van der Waals surface area contributed by atoms with Crippen LogP contribution < -0.4 is 10.1 Å². The Bertz CT molecular complexity index is 1050. The molecule has 36 heavy (non-hydrogen) atoms. The van der Waals surface area contributed by atoms with E-state index >= 15 is 0 Å². The maximum Gasteiger partial charge on any atom is 0.412 e. The second-order valence-electron chi connectivity index (χ2n) is 10.6. The van der Waals surface area contributed by atoms with Crippen LogP contribution in [0.25, 0.3) is 0 Å². The van der Waals surface area contributed by atoms with Gasteiger partial charge in [-0.1, -0.05) is 19.1 Å². The Hall–Kier alpha value is -2.85. The van der Waals surface area contributed by atoms with Crippen molar-refractivity contribution in [2.75, 3.05) is 26.0 Å². The van der Waals surface area contributed by atoms with Crippen molar-refractivity contribution in [1.82, 2.24) is 4.90 Å². The smallest absolute Gasteiger partial charge is 0.412 e. The lowest BCUT2D eigenvalue weighted by atomic mass is 9.76. The number of nitrogens with zero attached hydrogens (tertiary/aromatic N) is 1. The SMILES string of the molecule is CCOc1ccccc1NC(=O)OC1C(N(C)C)C2CC(OC2=O)C2C(CC3(C)OC13)OC(=O)C2C. The summed E-state index contributed by atoms with van der Waals surface area (Å²) < 4.78 is 29.3. The average molecular weight is 503 g/mol. The summed E-state index contributed by atoms with van der Waals surface area (Å²) >= 11 is 0. The Morgan fingerprint density at radius 1 is 1.17 bits per heavy atom. The lowest BCUT2D eigenvalue weighted by Crippen LogP contribution is -2.52. The van der Waals surface area contributed by atoms with Crippen LogP contribution in [0.15, 0.2) is 24.3 Å². The van der Waals surface area contributed by atoms with Gasteiger partial charge in [-0.15, -0.1) is 0 Å². The minimum absolute atomic E-state index is 0.230. The zero-order valence-corrected chi connectivity index (χ0v) is 21.3. The second-order valence-corrected chi connectivity index (χ2v) is 10.6. The molecule has 1 N–H and O–H groups in total. The Morgan fingerprint density at radius 2 is 1.89 bits per heavy atom. The standard InChI is InChI=1S/C26H34N2O8/c1-6-32-16-10-8-7-9-15(16)27-25(31)35-21-20(28(4)5)14-11-17(33-24(14)30)19-13(2)23(29)34-18(19)12-26(3)22(21)36-26/h7-10,13-14,17-22H,6,11-12H2,1-5H3,(H,27,31). The summed E-state index contributed by atoms with van der Waals surface area (Å²) in [7, 11) is 3.70. The number of ether oxygens (including phenoxy) is 5. The summed E-state index contributed by atoms with van der Waals surface area (Å²) in [5.41, 5.74) is -0.185. The van der Waals surface area contributed by atoms with Crippen LogP contribution >= 0.6 is 0 Å². The highest BCUT2D eigenvalue weighted by atomic mass is 16.7. The van der Waals surface area contributed by atoms with E-state index in [9.17, 15) is 14.4 Å². The zero-order valence-electron chi connectivity index (χ0n) is 21.3. The summed E-state index contributed by atoms with van der Waals surface area (Å²) in [4.78, 5) is 40.6. The first-order valence-electron chi connectivity index (χ1n) is 12.6. The van der Waals surface area contributed by atoms with E-state index in [1.54, 1.807) is 18.2 Å². The van der Waals surface area contributed by atoms with Crippen LogP contribution in [0.2, 0.25) is 0 Å². The molecule has 4 fully saturated rings. The molecule has 0 aromatic heterocycles. The van der Waals surface area contributed by atoms with Gasteiger partial charge in [0.15, 0.2) is 0 Å². The van der Waals surface area contributed by atoms with Gasteiger partial charge in [0.25, 0.3) is 0 Å². The van der Waals surface area contributed by atoms with E-state index in [0.717, 1.165) is 0 Å². The van der Waals surface area contributed by atoms with Gasteiger partial charge < -0.3 is 28.6 Å². The van der Waals surface area contributed by atoms with Gasteiger partial charge in [-0.3, -0.25) is 14.9 Å². The molecule has 196 valence electrons. The van der Waals surface area contributed by atoms with E-state index in [2.05, 4.69) is 5.32 Å². The van der Waals surface area contributed by atoms with Gasteiger partial charge in [-0.2, -0.15) is 0 Å². The molecule has 3 aliphatic heterocycles. The molecule has 1 saturated carbocycles. The summed E-state index contributed by atoms with van der Waals surface area (Å²) in [5, 5.41) is 2.78. The van der Waals surface area contributed by atoms with Crippen LogP contribution in [0.1, 0.15) is 33.6 Å². The quantitative estimate of drug-likeness (QED) is 0.368. The molecule has 5 rings (SSSR count). The van der Waals surface area contributed by atoms with E-state index in [-0.39, 0.29) is 23.8 Å². The van der Waals surface area contributed by atoms with Crippen LogP contribution in [0.5, 0.6) is 5.75 Å². The van der Waals surface area contributed by atoms with E-state index in [4.69, 9.17) is 23.7 Å². The molecule has 0 radical (unpaired) electrons. The van der Waals surface area contributed by atoms with Gasteiger partial charge in [0.2, 0.25) is 0 Å². The molecule has 3 saturated heterocycles. The highest BCUT2D eigenvalue weighted by Crippen LogP contribution is 2.52. The number of rotatable bonds is 5. The lowest BCUT2D eigenvalue weighted by Gasteiger charge is -2.35. The predicted octanol–water partition coefficient (Wildman–Crippen LogP) is 2.60. The van der Waals surface area contributed by atoms with Gasteiger partial charge in [0.05, 0.1) is 35.8 Å².